The molecular formula is C15H12ClN3O3. The molecule has 0 aliphatic carbocycles. The Labute approximate surface area is 131 Å². The van der Waals surface area contributed by atoms with Crippen LogP contribution in [0.15, 0.2) is 36.5 Å². The summed E-state index contributed by atoms with van der Waals surface area (Å²) in [5.74, 6) is 2.12. The van der Waals surface area contributed by atoms with Crippen molar-refractivity contribution in [2.45, 2.75) is 0 Å². The normalized spacial score (nSPS) is 10.5. The number of aromatic nitrogens is 3. The lowest BCUT2D eigenvalue weighted by Crippen LogP contribution is -1.94. The van der Waals surface area contributed by atoms with Gasteiger partial charge in [0.15, 0.2) is 16.7 Å². The van der Waals surface area contributed by atoms with Gasteiger partial charge in [-0.3, -0.25) is 4.98 Å². The average Bonchev–Trinajstić information content (AvgIpc) is 2.56. The minimum absolute atomic E-state index is 0.304. The summed E-state index contributed by atoms with van der Waals surface area (Å²) in [5.41, 5.74) is 0.720. The van der Waals surface area contributed by atoms with Gasteiger partial charge in [-0.1, -0.05) is 11.6 Å². The van der Waals surface area contributed by atoms with Crippen molar-refractivity contribution >= 4 is 22.5 Å². The maximum Gasteiger partial charge on any atom is 0.238 e. The second-order valence-corrected chi connectivity index (χ2v) is 4.72. The molecule has 7 heteroatoms. The first-order chi connectivity index (χ1) is 10.7. The van der Waals surface area contributed by atoms with E-state index < -0.39 is 0 Å². The summed E-state index contributed by atoms with van der Waals surface area (Å²) in [5, 5.41) is 8.70. The second-order valence-electron chi connectivity index (χ2n) is 4.33. The van der Waals surface area contributed by atoms with E-state index >= 15 is 0 Å². The highest BCUT2D eigenvalue weighted by Gasteiger charge is 2.11. The molecule has 0 N–H and O–H groups in total. The number of methoxy groups -OCH3 is 2. The van der Waals surface area contributed by atoms with Crippen molar-refractivity contribution in [2.75, 3.05) is 14.2 Å². The first-order valence-electron chi connectivity index (χ1n) is 6.39. The number of fused-ring (bicyclic) bond motifs is 1. The molecule has 3 aromatic rings. The maximum atomic E-state index is 5.75. The van der Waals surface area contributed by atoms with Crippen molar-refractivity contribution in [2.24, 2.45) is 0 Å². The fraction of sp³-hybridized carbons (Fsp3) is 0.133. The van der Waals surface area contributed by atoms with Crippen molar-refractivity contribution in [3.05, 3.63) is 41.7 Å². The van der Waals surface area contributed by atoms with Crippen molar-refractivity contribution in [3.63, 3.8) is 0 Å². The molecule has 22 heavy (non-hydrogen) atoms. The minimum atomic E-state index is 0.304. The van der Waals surface area contributed by atoms with Crippen LogP contribution in [0.4, 0.5) is 0 Å². The Hall–Kier alpha value is -2.60. The first kappa shape index (κ1) is 14.3. The Bertz CT molecular complexity index is 809. The summed E-state index contributed by atoms with van der Waals surface area (Å²) < 4.78 is 16.3. The average molecular weight is 318 g/mol. The molecule has 0 aliphatic rings. The van der Waals surface area contributed by atoms with Crippen molar-refractivity contribution in [1.82, 2.24) is 15.2 Å². The number of hydrogen-bond acceptors (Lipinski definition) is 6. The summed E-state index contributed by atoms with van der Waals surface area (Å²) in [6.07, 6.45) is 1.65. The van der Waals surface area contributed by atoms with Crippen LogP contribution in [0.1, 0.15) is 0 Å². The van der Waals surface area contributed by atoms with Crippen LogP contribution in [0.2, 0.25) is 5.15 Å². The molecule has 6 nitrogen and oxygen atoms in total. The zero-order valence-electron chi connectivity index (χ0n) is 11.9. The quantitative estimate of drug-likeness (QED) is 0.734. The molecule has 0 bridgehead atoms. The van der Waals surface area contributed by atoms with Crippen LogP contribution >= 0.6 is 11.6 Å². The topological polar surface area (TPSA) is 66.4 Å². The standard InChI is InChI=1S/C15H12ClN3O3/c1-20-12-7-9-10(8-13(12)21-2)17-6-5-11(9)22-15-4-3-14(16)18-19-15/h3-8H,1-2H3. The molecule has 2 aromatic heterocycles. The van der Waals surface area contributed by atoms with E-state index in [1.165, 1.54) is 0 Å². The lowest BCUT2D eigenvalue weighted by atomic mass is 10.2. The fourth-order valence-corrected chi connectivity index (χ4v) is 2.11. The molecule has 0 amide bonds. The smallest absolute Gasteiger partial charge is 0.238 e. The summed E-state index contributed by atoms with van der Waals surface area (Å²) in [4.78, 5) is 4.31. The van der Waals surface area contributed by atoms with Gasteiger partial charge in [-0.2, -0.15) is 0 Å². The van der Waals surface area contributed by atoms with E-state index in [4.69, 9.17) is 25.8 Å². The maximum absolute atomic E-state index is 5.75. The lowest BCUT2D eigenvalue weighted by Gasteiger charge is -2.11. The van der Waals surface area contributed by atoms with Crippen LogP contribution in [-0.4, -0.2) is 29.4 Å². The molecule has 0 unspecified atom stereocenters. The highest BCUT2D eigenvalue weighted by atomic mass is 35.5. The lowest BCUT2D eigenvalue weighted by molar-refractivity contribution is 0.355. The van der Waals surface area contributed by atoms with Crippen LogP contribution in [-0.2, 0) is 0 Å². The third kappa shape index (κ3) is 2.73. The largest absolute Gasteiger partial charge is 0.493 e. The van der Waals surface area contributed by atoms with Gasteiger partial charge in [0.1, 0.15) is 5.75 Å². The van der Waals surface area contributed by atoms with E-state index in [-0.39, 0.29) is 0 Å². The highest BCUT2D eigenvalue weighted by molar-refractivity contribution is 6.29. The van der Waals surface area contributed by atoms with E-state index in [0.717, 1.165) is 10.9 Å². The highest BCUT2D eigenvalue weighted by Crippen LogP contribution is 2.36. The van der Waals surface area contributed by atoms with Gasteiger partial charge in [0, 0.05) is 23.7 Å². The Morgan fingerprint density at radius 3 is 2.36 bits per heavy atom. The third-order valence-corrected chi connectivity index (χ3v) is 3.23. The van der Waals surface area contributed by atoms with Crippen LogP contribution in [0, 0.1) is 0 Å². The van der Waals surface area contributed by atoms with Gasteiger partial charge in [-0.15, -0.1) is 10.2 Å². The monoisotopic (exact) mass is 317 g/mol. The summed E-state index contributed by atoms with van der Waals surface area (Å²) >= 11 is 5.71. The Kier molecular flexibility index (Phi) is 3.93. The predicted octanol–water partition coefficient (Wildman–Crippen LogP) is 3.49. The summed E-state index contributed by atoms with van der Waals surface area (Å²) in [6, 6.07) is 8.58. The molecule has 0 spiro atoms. The van der Waals surface area contributed by atoms with Crippen LogP contribution in [0.25, 0.3) is 10.9 Å². The van der Waals surface area contributed by atoms with E-state index in [1.807, 2.05) is 0 Å². The number of pyridine rings is 1. The Morgan fingerprint density at radius 2 is 1.68 bits per heavy atom. The Balaban J connectivity index is 2.07. The number of nitrogens with zero attached hydrogens (tertiary/aromatic N) is 3. The van der Waals surface area contributed by atoms with E-state index in [2.05, 4.69) is 15.2 Å². The number of benzene rings is 1. The molecule has 0 saturated carbocycles. The van der Waals surface area contributed by atoms with Crippen molar-refractivity contribution in [3.8, 4) is 23.1 Å². The number of hydrogen-bond donors (Lipinski definition) is 0. The van der Waals surface area contributed by atoms with Gasteiger partial charge in [0.05, 0.1) is 19.7 Å². The molecule has 1 aromatic carbocycles. The predicted molar refractivity (Wildman–Crippen MR) is 82.0 cm³/mol. The van der Waals surface area contributed by atoms with Gasteiger partial charge in [0.2, 0.25) is 5.88 Å². The number of ether oxygens (including phenoxy) is 3. The van der Waals surface area contributed by atoms with Crippen LogP contribution in [0.5, 0.6) is 23.1 Å². The SMILES string of the molecule is COc1cc2nccc(Oc3ccc(Cl)nn3)c2cc1OC. The molecule has 0 saturated heterocycles. The van der Waals surface area contributed by atoms with Gasteiger partial charge >= 0.3 is 0 Å². The Morgan fingerprint density at radius 1 is 0.909 bits per heavy atom. The van der Waals surface area contributed by atoms with Crippen molar-refractivity contribution < 1.29 is 14.2 Å². The van der Waals surface area contributed by atoms with E-state index in [1.54, 1.807) is 50.7 Å². The summed E-state index contributed by atoms with van der Waals surface area (Å²) in [7, 11) is 3.15. The van der Waals surface area contributed by atoms with Gasteiger partial charge < -0.3 is 14.2 Å². The molecular weight excluding hydrogens is 306 g/mol. The third-order valence-electron chi connectivity index (χ3n) is 3.03. The van der Waals surface area contributed by atoms with E-state index in [9.17, 15) is 0 Å². The molecule has 112 valence electrons. The molecule has 2 heterocycles. The number of rotatable bonds is 4. The molecule has 3 rings (SSSR count). The van der Waals surface area contributed by atoms with Gasteiger partial charge in [-0.25, -0.2) is 0 Å². The van der Waals surface area contributed by atoms with Crippen LogP contribution in [0.3, 0.4) is 0 Å². The molecule has 0 radical (unpaired) electrons. The van der Waals surface area contributed by atoms with Gasteiger partial charge in [-0.05, 0) is 18.2 Å². The number of halogens is 1. The van der Waals surface area contributed by atoms with Crippen LogP contribution < -0.4 is 14.2 Å². The van der Waals surface area contributed by atoms with Crippen molar-refractivity contribution in [1.29, 1.82) is 0 Å². The zero-order valence-corrected chi connectivity index (χ0v) is 12.7. The summed E-state index contributed by atoms with van der Waals surface area (Å²) in [6.45, 7) is 0. The fourth-order valence-electron chi connectivity index (χ4n) is 2.01. The van der Waals surface area contributed by atoms with E-state index in [0.29, 0.717) is 28.3 Å². The van der Waals surface area contributed by atoms with Gasteiger partial charge in [0.25, 0.3) is 0 Å². The molecule has 0 fully saturated rings. The molecule has 0 aliphatic heterocycles. The second kappa shape index (κ2) is 6.03. The zero-order chi connectivity index (χ0) is 15.5. The molecule has 0 atom stereocenters. The minimum Gasteiger partial charge on any atom is -0.493 e. The first-order valence-corrected chi connectivity index (χ1v) is 6.77.